The van der Waals surface area contributed by atoms with Gasteiger partial charge >= 0.3 is 5.97 Å². The number of rotatable bonds is 7. The summed E-state index contributed by atoms with van der Waals surface area (Å²) in [5, 5.41) is 12.5. The summed E-state index contributed by atoms with van der Waals surface area (Å²) in [7, 11) is 1.52. The molecule has 0 amide bonds. The molecule has 1 aromatic rings. The van der Waals surface area contributed by atoms with Gasteiger partial charge < -0.3 is 19.7 Å². The lowest BCUT2D eigenvalue weighted by Gasteiger charge is -2.30. The van der Waals surface area contributed by atoms with Crippen LogP contribution in [0.15, 0.2) is 12.1 Å². The summed E-state index contributed by atoms with van der Waals surface area (Å²) in [6.45, 7) is 10.3. The van der Waals surface area contributed by atoms with Crippen LogP contribution in [0, 0.1) is 30.9 Å². The van der Waals surface area contributed by atoms with Crippen molar-refractivity contribution in [2.75, 3.05) is 18.7 Å². The molecular formula is C23H36NO4-. The van der Waals surface area contributed by atoms with Gasteiger partial charge in [0.05, 0.1) is 12.5 Å². The number of nitrogens with zero attached hydrogens (tertiary/aromatic N) is 1. The van der Waals surface area contributed by atoms with Gasteiger partial charge in [-0.1, -0.05) is 0 Å². The highest BCUT2D eigenvalue weighted by atomic mass is 16.6. The minimum Gasteiger partial charge on any atom is -0.758 e. The molecule has 0 saturated heterocycles. The van der Waals surface area contributed by atoms with Crippen LogP contribution in [-0.2, 0) is 9.53 Å². The van der Waals surface area contributed by atoms with Crippen molar-refractivity contribution in [2.24, 2.45) is 11.8 Å². The Bertz CT molecular complexity index is 632. The molecule has 0 N–H and O–H groups in total. The maximum atomic E-state index is 12.2. The molecule has 1 fully saturated rings. The summed E-state index contributed by atoms with van der Waals surface area (Å²) >= 11 is 0. The Hall–Kier alpha value is -1.75. The zero-order valence-corrected chi connectivity index (χ0v) is 18.3. The molecule has 158 valence electrons. The molecule has 0 atom stereocenters. The summed E-state index contributed by atoms with van der Waals surface area (Å²) in [5.41, 5.74) is 2.19. The standard InChI is InChI=1S/C23H36NO4/c1-16-14-20(15-17(2)21(16)24(6)26)27-13-7-8-18-9-11-19(12-10-18)22(25)28-23(3,4)5/h14-15,18-19H,7-13H2,1-6H3/q-1. The predicted octanol–water partition coefficient (Wildman–Crippen LogP) is 5.54. The number of benzene rings is 1. The Morgan fingerprint density at radius 1 is 1.14 bits per heavy atom. The van der Waals surface area contributed by atoms with Crippen molar-refractivity contribution in [1.82, 2.24) is 0 Å². The molecule has 1 aliphatic carbocycles. The molecule has 0 spiro atoms. The zero-order chi connectivity index (χ0) is 20.9. The number of aryl methyl sites for hydroxylation is 2. The van der Waals surface area contributed by atoms with Crippen molar-refractivity contribution >= 4 is 11.7 Å². The van der Waals surface area contributed by atoms with Gasteiger partial charge in [-0.15, -0.1) is 0 Å². The van der Waals surface area contributed by atoms with Gasteiger partial charge in [-0.05, 0) is 109 Å². The fourth-order valence-electron chi connectivity index (χ4n) is 4.13. The first-order valence-corrected chi connectivity index (χ1v) is 10.4. The van der Waals surface area contributed by atoms with Crippen molar-refractivity contribution in [3.63, 3.8) is 0 Å². The van der Waals surface area contributed by atoms with Crippen LogP contribution in [0.25, 0.3) is 0 Å². The third-order valence-corrected chi connectivity index (χ3v) is 5.39. The smallest absolute Gasteiger partial charge is 0.309 e. The van der Waals surface area contributed by atoms with Crippen LogP contribution in [0.1, 0.15) is 70.4 Å². The highest BCUT2D eigenvalue weighted by Crippen LogP contribution is 2.33. The minimum absolute atomic E-state index is 0.0350. The van der Waals surface area contributed by atoms with Gasteiger partial charge in [-0.3, -0.25) is 4.79 Å². The van der Waals surface area contributed by atoms with Gasteiger partial charge in [0.25, 0.3) is 0 Å². The van der Waals surface area contributed by atoms with Crippen LogP contribution in [-0.4, -0.2) is 25.2 Å². The number of anilines is 1. The van der Waals surface area contributed by atoms with Crippen molar-refractivity contribution in [3.05, 3.63) is 28.5 Å². The quantitative estimate of drug-likeness (QED) is 0.347. The Kier molecular flexibility index (Phi) is 7.76. The lowest BCUT2D eigenvalue weighted by atomic mass is 9.80. The molecule has 0 aliphatic heterocycles. The van der Waals surface area contributed by atoms with E-state index in [0.29, 0.717) is 18.2 Å². The van der Waals surface area contributed by atoms with Gasteiger partial charge in [0.2, 0.25) is 0 Å². The number of esters is 1. The van der Waals surface area contributed by atoms with E-state index >= 15 is 0 Å². The molecule has 0 unspecified atom stereocenters. The summed E-state index contributed by atoms with van der Waals surface area (Å²) in [4.78, 5) is 12.2. The van der Waals surface area contributed by atoms with E-state index in [4.69, 9.17) is 9.47 Å². The van der Waals surface area contributed by atoms with E-state index in [2.05, 4.69) is 0 Å². The number of hydroxylamine groups is 1. The molecule has 28 heavy (non-hydrogen) atoms. The van der Waals surface area contributed by atoms with Gasteiger partial charge in [-0.2, -0.15) is 0 Å². The molecule has 0 heterocycles. The fourth-order valence-corrected chi connectivity index (χ4v) is 4.13. The normalized spacial score (nSPS) is 20.0. The fraction of sp³-hybridized carbons (Fsp3) is 0.696. The Balaban J connectivity index is 1.71. The lowest BCUT2D eigenvalue weighted by Crippen LogP contribution is -2.31. The van der Waals surface area contributed by atoms with Crippen LogP contribution in [0.5, 0.6) is 5.75 Å². The van der Waals surface area contributed by atoms with Crippen LogP contribution in [0.4, 0.5) is 5.69 Å². The van der Waals surface area contributed by atoms with Crippen LogP contribution in [0.2, 0.25) is 0 Å². The molecule has 1 aromatic carbocycles. The van der Waals surface area contributed by atoms with Gasteiger partial charge in [-0.25, -0.2) is 0 Å². The Morgan fingerprint density at radius 3 is 2.21 bits per heavy atom. The molecule has 5 nitrogen and oxygen atoms in total. The Morgan fingerprint density at radius 2 is 1.71 bits per heavy atom. The van der Waals surface area contributed by atoms with Crippen LogP contribution in [0.3, 0.4) is 0 Å². The van der Waals surface area contributed by atoms with Crippen LogP contribution >= 0.6 is 0 Å². The SMILES string of the molecule is Cc1cc(OCCCC2CCC(C(=O)OC(C)(C)C)CC2)cc(C)c1N(C)[O-]. The van der Waals surface area contributed by atoms with Crippen molar-refractivity contribution < 1.29 is 14.3 Å². The first-order chi connectivity index (χ1) is 13.1. The number of ether oxygens (including phenoxy) is 2. The van der Waals surface area contributed by atoms with Gasteiger partial charge in [0.1, 0.15) is 11.4 Å². The van der Waals surface area contributed by atoms with E-state index in [1.165, 1.54) is 7.05 Å². The molecule has 0 radical (unpaired) electrons. The predicted molar refractivity (Wildman–Crippen MR) is 114 cm³/mol. The topological polar surface area (TPSA) is 61.8 Å². The van der Waals surface area contributed by atoms with E-state index in [1.54, 1.807) is 0 Å². The Labute approximate surface area is 170 Å². The van der Waals surface area contributed by atoms with E-state index in [9.17, 15) is 10.0 Å². The molecule has 5 heteroatoms. The second kappa shape index (κ2) is 9.64. The molecule has 1 saturated carbocycles. The second-order valence-corrected chi connectivity index (χ2v) is 9.14. The highest BCUT2D eigenvalue weighted by Gasteiger charge is 2.29. The first-order valence-electron chi connectivity index (χ1n) is 10.4. The van der Waals surface area contributed by atoms with Gasteiger partial charge in [0, 0.05) is 5.69 Å². The molecule has 2 rings (SSSR count). The lowest BCUT2D eigenvalue weighted by molar-refractivity contribution is -0.161. The first kappa shape index (κ1) is 22.5. The zero-order valence-electron chi connectivity index (χ0n) is 18.3. The number of carbonyl (C=O) groups is 1. The summed E-state index contributed by atoms with van der Waals surface area (Å²) in [6, 6.07) is 3.87. The van der Waals surface area contributed by atoms with E-state index in [-0.39, 0.29) is 11.9 Å². The summed E-state index contributed by atoms with van der Waals surface area (Å²) in [6.07, 6.45) is 6.18. The molecule has 1 aliphatic rings. The monoisotopic (exact) mass is 390 g/mol. The number of hydrogen-bond acceptors (Lipinski definition) is 5. The van der Waals surface area contributed by atoms with Crippen molar-refractivity contribution in [1.29, 1.82) is 0 Å². The average molecular weight is 391 g/mol. The summed E-state index contributed by atoms with van der Waals surface area (Å²) < 4.78 is 11.4. The van der Waals surface area contributed by atoms with E-state index in [1.807, 2.05) is 46.8 Å². The number of carbonyl (C=O) groups excluding carboxylic acids is 1. The molecule has 0 aromatic heterocycles. The third-order valence-electron chi connectivity index (χ3n) is 5.39. The molecule has 0 bridgehead atoms. The summed E-state index contributed by atoms with van der Waals surface area (Å²) in [5.74, 6) is 1.53. The van der Waals surface area contributed by atoms with Crippen LogP contribution < -0.4 is 9.80 Å². The maximum Gasteiger partial charge on any atom is 0.309 e. The molecular weight excluding hydrogens is 354 g/mol. The highest BCUT2D eigenvalue weighted by molar-refractivity contribution is 5.73. The maximum absolute atomic E-state index is 12.2. The largest absolute Gasteiger partial charge is 0.758 e. The third kappa shape index (κ3) is 6.69. The van der Waals surface area contributed by atoms with E-state index < -0.39 is 5.60 Å². The van der Waals surface area contributed by atoms with Crippen molar-refractivity contribution in [3.8, 4) is 5.75 Å². The van der Waals surface area contributed by atoms with Gasteiger partial charge in [0.15, 0.2) is 0 Å². The van der Waals surface area contributed by atoms with E-state index in [0.717, 1.165) is 60.5 Å². The van der Waals surface area contributed by atoms with Crippen molar-refractivity contribution in [2.45, 2.75) is 78.7 Å². The minimum atomic E-state index is -0.400. The average Bonchev–Trinajstić information content (AvgIpc) is 2.57. The second-order valence-electron chi connectivity index (χ2n) is 9.14. The number of hydrogen-bond donors (Lipinski definition) is 0.